The van der Waals surface area contributed by atoms with Crippen LogP contribution in [0.5, 0.6) is 11.5 Å². The van der Waals surface area contributed by atoms with Gasteiger partial charge < -0.3 is 9.47 Å². The van der Waals surface area contributed by atoms with Crippen LogP contribution in [0.25, 0.3) is 4.96 Å². The predicted octanol–water partition coefficient (Wildman–Crippen LogP) is 3.95. The van der Waals surface area contributed by atoms with Crippen molar-refractivity contribution in [3.05, 3.63) is 71.0 Å². The quantitative estimate of drug-likeness (QED) is 0.463. The van der Waals surface area contributed by atoms with Crippen molar-refractivity contribution in [1.29, 1.82) is 0 Å². The molecule has 0 saturated heterocycles. The van der Waals surface area contributed by atoms with Gasteiger partial charge in [-0.1, -0.05) is 41.7 Å². The molecule has 0 N–H and O–H groups in total. The maximum absolute atomic E-state index is 5.79. The number of hydrogen-bond acceptors (Lipinski definition) is 6. The van der Waals surface area contributed by atoms with Gasteiger partial charge >= 0.3 is 0 Å². The SMILES string of the molecule is COc1ccc(OCc2nnc3sc(CCCc4ccccc4)nn23)cc1. The molecule has 4 rings (SSSR count). The Bertz CT molecular complexity index is 996. The van der Waals surface area contributed by atoms with E-state index in [0.717, 1.165) is 40.7 Å². The Morgan fingerprint density at radius 2 is 1.70 bits per heavy atom. The van der Waals surface area contributed by atoms with Crippen LogP contribution in [0.15, 0.2) is 54.6 Å². The van der Waals surface area contributed by atoms with Crippen LogP contribution in [-0.2, 0) is 19.4 Å². The largest absolute Gasteiger partial charge is 0.497 e. The Balaban J connectivity index is 1.36. The zero-order valence-corrected chi connectivity index (χ0v) is 15.9. The Hall–Kier alpha value is -2.93. The molecule has 138 valence electrons. The first kappa shape index (κ1) is 17.5. The molecule has 27 heavy (non-hydrogen) atoms. The van der Waals surface area contributed by atoms with Gasteiger partial charge in [0, 0.05) is 6.42 Å². The second-order valence-electron chi connectivity index (χ2n) is 6.11. The lowest BCUT2D eigenvalue weighted by Crippen LogP contribution is -2.03. The number of ether oxygens (including phenoxy) is 2. The predicted molar refractivity (Wildman–Crippen MR) is 104 cm³/mol. The molecule has 0 saturated carbocycles. The third-order valence-electron chi connectivity index (χ3n) is 4.22. The maximum Gasteiger partial charge on any atom is 0.234 e. The van der Waals surface area contributed by atoms with Gasteiger partial charge in [0.25, 0.3) is 0 Å². The Morgan fingerprint density at radius 1 is 0.926 bits per heavy atom. The van der Waals surface area contributed by atoms with Crippen LogP contribution in [0.4, 0.5) is 0 Å². The minimum absolute atomic E-state index is 0.320. The van der Waals surface area contributed by atoms with Crippen molar-refractivity contribution >= 4 is 16.3 Å². The summed E-state index contributed by atoms with van der Waals surface area (Å²) in [6.07, 6.45) is 3.04. The van der Waals surface area contributed by atoms with Gasteiger partial charge in [0.05, 0.1) is 7.11 Å². The highest BCUT2D eigenvalue weighted by molar-refractivity contribution is 7.16. The fourth-order valence-corrected chi connectivity index (χ4v) is 3.69. The molecule has 0 spiro atoms. The summed E-state index contributed by atoms with van der Waals surface area (Å²) in [5.74, 6) is 2.25. The van der Waals surface area contributed by atoms with Crippen LogP contribution in [0.2, 0.25) is 0 Å². The lowest BCUT2D eigenvalue weighted by Gasteiger charge is -2.05. The average Bonchev–Trinajstić information content (AvgIpc) is 3.28. The summed E-state index contributed by atoms with van der Waals surface area (Å²) in [6, 6.07) is 18.0. The minimum Gasteiger partial charge on any atom is -0.497 e. The molecule has 0 radical (unpaired) electrons. The molecule has 0 atom stereocenters. The molecule has 6 nitrogen and oxygen atoms in total. The van der Waals surface area contributed by atoms with Gasteiger partial charge in [-0.05, 0) is 42.7 Å². The first-order chi connectivity index (χ1) is 13.3. The minimum atomic E-state index is 0.320. The second kappa shape index (κ2) is 8.18. The van der Waals surface area contributed by atoms with Crippen molar-refractivity contribution in [1.82, 2.24) is 19.8 Å². The monoisotopic (exact) mass is 380 g/mol. The Labute approximate surface area is 161 Å². The lowest BCUT2D eigenvalue weighted by molar-refractivity contribution is 0.292. The molecule has 0 aliphatic rings. The zero-order valence-electron chi connectivity index (χ0n) is 15.0. The summed E-state index contributed by atoms with van der Waals surface area (Å²) in [5.41, 5.74) is 1.36. The number of hydrogen-bond donors (Lipinski definition) is 0. The third kappa shape index (κ3) is 4.25. The fourth-order valence-electron chi connectivity index (χ4n) is 2.80. The molecule has 0 amide bonds. The topological polar surface area (TPSA) is 61.5 Å². The van der Waals surface area contributed by atoms with Crippen molar-refractivity contribution in [2.75, 3.05) is 7.11 Å². The van der Waals surface area contributed by atoms with Gasteiger partial charge in [-0.15, -0.1) is 10.2 Å². The summed E-state index contributed by atoms with van der Waals surface area (Å²) >= 11 is 1.59. The van der Waals surface area contributed by atoms with Gasteiger partial charge in [0.15, 0.2) is 5.82 Å². The molecule has 4 aromatic rings. The summed E-state index contributed by atoms with van der Waals surface area (Å²) in [4.78, 5) is 0.804. The summed E-state index contributed by atoms with van der Waals surface area (Å²) in [5, 5.41) is 14.1. The lowest BCUT2D eigenvalue weighted by atomic mass is 10.1. The third-order valence-corrected chi connectivity index (χ3v) is 5.18. The van der Waals surface area contributed by atoms with E-state index >= 15 is 0 Å². The molecule has 2 aromatic heterocycles. The molecular weight excluding hydrogens is 360 g/mol. The number of rotatable bonds is 8. The highest BCUT2D eigenvalue weighted by Crippen LogP contribution is 2.20. The highest BCUT2D eigenvalue weighted by Gasteiger charge is 2.12. The molecule has 2 heterocycles. The molecule has 0 aliphatic heterocycles. The van der Waals surface area contributed by atoms with Crippen LogP contribution in [-0.4, -0.2) is 26.9 Å². The van der Waals surface area contributed by atoms with E-state index in [0.29, 0.717) is 12.4 Å². The molecule has 0 bridgehead atoms. The maximum atomic E-state index is 5.79. The van der Waals surface area contributed by atoms with Gasteiger partial charge in [-0.2, -0.15) is 9.61 Å². The fraction of sp³-hybridized carbons (Fsp3) is 0.250. The van der Waals surface area contributed by atoms with Gasteiger partial charge in [0.2, 0.25) is 4.96 Å². The van der Waals surface area contributed by atoms with E-state index in [1.165, 1.54) is 5.56 Å². The number of benzene rings is 2. The van der Waals surface area contributed by atoms with Crippen LogP contribution in [0, 0.1) is 0 Å². The molecule has 0 fully saturated rings. The van der Waals surface area contributed by atoms with E-state index in [-0.39, 0.29) is 0 Å². The highest BCUT2D eigenvalue weighted by atomic mass is 32.1. The van der Waals surface area contributed by atoms with Crippen molar-refractivity contribution in [2.45, 2.75) is 25.9 Å². The van der Waals surface area contributed by atoms with Gasteiger partial charge in [-0.25, -0.2) is 0 Å². The van der Waals surface area contributed by atoms with Gasteiger partial charge in [0.1, 0.15) is 23.1 Å². The number of methoxy groups -OCH3 is 1. The van der Waals surface area contributed by atoms with E-state index in [1.807, 2.05) is 30.3 Å². The molecule has 7 heteroatoms. The van der Waals surface area contributed by atoms with E-state index in [2.05, 4.69) is 39.6 Å². The van der Waals surface area contributed by atoms with Crippen LogP contribution in [0.1, 0.15) is 22.8 Å². The van der Waals surface area contributed by atoms with Gasteiger partial charge in [-0.3, -0.25) is 0 Å². The van der Waals surface area contributed by atoms with E-state index in [4.69, 9.17) is 9.47 Å². The Kier molecular flexibility index (Phi) is 5.29. The number of nitrogens with zero attached hydrogens (tertiary/aromatic N) is 4. The number of aromatic nitrogens is 4. The summed E-state index contributed by atoms with van der Waals surface area (Å²) in [7, 11) is 1.64. The Morgan fingerprint density at radius 3 is 2.48 bits per heavy atom. The van der Waals surface area contributed by atoms with Crippen LogP contribution in [0.3, 0.4) is 0 Å². The van der Waals surface area contributed by atoms with Crippen molar-refractivity contribution < 1.29 is 9.47 Å². The van der Waals surface area contributed by atoms with E-state index < -0.39 is 0 Å². The number of aryl methyl sites for hydroxylation is 2. The standard InChI is InChI=1S/C20H20N4O2S/c1-25-16-10-12-17(13-11-16)26-14-18-21-22-20-24(18)23-19(27-20)9-5-8-15-6-3-2-4-7-15/h2-4,6-7,10-13H,5,8-9,14H2,1H3. The van der Waals surface area contributed by atoms with Crippen LogP contribution >= 0.6 is 11.3 Å². The smallest absolute Gasteiger partial charge is 0.234 e. The van der Waals surface area contributed by atoms with Crippen LogP contribution < -0.4 is 9.47 Å². The van der Waals surface area contributed by atoms with Crippen molar-refractivity contribution in [2.24, 2.45) is 0 Å². The second-order valence-corrected chi connectivity index (χ2v) is 7.15. The summed E-state index contributed by atoms with van der Waals surface area (Å²) in [6.45, 7) is 0.320. The average molecular weight is 380 g/mol. The van der Waals surface area contributed by atoms with E-state index in [1.54, 1.807) is 23.0 Å². The van der Waals surface area contributed by atoms with E-state index in [9.17, 15) is 0 Å². The summed E-state index contributed by atoms with van der Waals surface area (Å²) < 4.78 is 12.7. The van der Waals surface area contributed by atoms with Crippen molar-refractivity contribution in [3.63, 3.8) is 0 Å². The number of fused-ring (bicyclic) bond motifs is 1. The first-order valence-electron chi connectivity index (χ1n) is 8.82. The molecule has 2 aromatic carbocycles. The first-order valence-corrected chi connectivity index (χ1v) is 9.64. The van der Waals surface area contributed by atoms with Crippen molar-refractivity contribution in [3.8, 4) is 11.5 Å². The zero-order chi connectivity index (χ0) is 18.5. The molecule has 0 aliphatic carbocycles. The normalized spacial score (nSPS) is 11.0. The molecular formula is C20H20N4O2S. The molecule has 0 unspecified atom stereocenters.